The molecule has 0 aliphatic carbocycles. The Labute approximate surface area is 263 Å². The van der Waals surface area contributed by atoms with E-state index in [1.165, 1.54) is 0 Å². The Morgan fingerprint density at radius 1 is 0.977 bits per heavy atom. The summed E-state index contributed by atoms with van der Waals surface area (Å²) in [7, 11) is 0. The van der Waals surface area contributed by atoms with Crippen LogP contribution in [0.5, 0.6) is 11.6 Å². The van der Waals surface area contributed by atoms with Gasteiger partial charge >= 0.3 is 5.97 Å². The summed E-state index contributed by atoms with van der Waals surface area (Å²) in [5, 5.41) is 10.6. The van der Waals surface area contributed by atoms with E-state index in [1.807, 2.05) is 37.3 Å². The summed E-state index contributed by atoms with van der Waals surface area (Å²) < 4.78 is 11.3. The van der Waals surface area contributed by atoms with Gasteiger partial charge in [0.25, 0.3) is 0 Å². The molecule has 5 rings (SSSR count). The highest BCUT2D eigenvalue weighted by atomic mass is 35.5. The van der Waals surface area contributed by atoms with Crippen LogP contribution in [0.3, 0.4) is 0 Å². The number of piperidine rings is 1. The summed E-state index contributed by atoms with van der Waals surface area (Å²) in [5.74, 6) is 2.19. The van der Waals surface area contributed by atoms with Gasteiger partial charge in [-0.15, -0.1) is 0 Å². The number of aromatic nitrogens is 2. The lowest BCUT2D eigenvalue weighted by Crippen LogP contribution is -2.47. The van der Waals surface area contributed by atoms with Crippen LogP contribution in [0, 0.1) is 5.92 Å². The van der Waals surface area contributed by atoms with Crippen LogP contribution in [-0.2, 0) is 16.1 Å². The normalized spacial score (nSPS) is 16.8. The van der Waals surface area contributed by atoms with Crippen molar-refractivity contribution in [2.24, 2.45) is 5.92 Å². The largest absolute Gasteiger partial charge is 0.466 e. The first-order chi connectivity index (χ1) is 20.9. The topological polar surface area (TPSA) is 91.3 Å². The highest BCUT2D eigenvalue weighted by Gasteiger charge is 2.21. The van der Waals surface area contributed by atoms with Crippen LogP contribution in [0.2, 0.25) is 10.0 Å². The third-order valence-electron chi connectivity index (χ3n) is 7.97. The maximum absolute atomic E-state index is 11.7. The molecule has 0 atom stereocenters. The van der Waals surface area contributed by atoms with E-state index in [0.717, 1.165) is 81.3 Å². The molecule has 2 aliphatic heterocycles. The minimum atomic E-state index is -0.145. The van der Waals surface area contributed by atoms with E-state index in [2.05, 4.69) is 25.8 Å². The number of likely N-dealkylation sites (tertiary alicyclic amines) is 1. The lowest BCUT2D eigenvalue weighted by molar-refractivity contribution is -0.143. The second-order valence-electron chi connectivity index (χ2n) is 11.1. The number of halogens is 2. The molecule has 2 saturated heterocycles. The molecule has 0 radical (unpaired) electrons. The van der Waals surface area contributed by atoms with Gasteiger partial charge in [-0.2, -0.15) is 0 Å². The van der Waals surface area contributed by atoms with Gasteiger partial charge in [0, 0.05) is 67.6 Å². The third kappa shape index (κ3) is 9.03. The molecule has 0 spiro atoms. The Morgan fingerprint density at radius 2 is 1.72 bits per heavy atom. The number of aliphatic hydroxyl groups excluding tert-OH is 1. The van der Waals surface area contributed by atoms with Crippen LogP contribution >= 0.6 is 23.2 Å². The van der Waals surface area contributed by atoms with E-state index in [1.54, 1.807) is 12.3 Å². The van der Waals surface area contributed by atoms with Crippen LogP contribution in [0.1, 0.15) is 31.7 Å². The minimum absolute atomic E-state index is 0.145. The van der Waals surface area contributed by atoms with Crippen molar-refractivity contribution in [1.82, 2.24) is 19.8 Å². The number of pyridine rings is 2. The van der Waals surface area contributed by atoms with Gasteiger partial charge in [-0.25, -0.2) is 9.97 Å². The number of rotatable bonds is 11. The van der Waals surface area contributed by atoms with Gasteiger partial charge in [0.05, 0.1) is 24.9 Å². The van der Waals surface area contributed by atoms with Crippen molar-refractivity contribution < 1.29 is 19.4 Å². The van der Waals surface area contributed by atoms with Crippen LogP contribution in [-0.4, -0.2) is 89.9 Å². The van der Waals surface area contributed by atoms with E-state index < -0.39 is 0 Å². The van der Waals surface area contributed by atoms with Gasteiger partial charge in [0.15, 0.2) is 0 Å². The van der Waals surface area contributed by atoms with Crippen LogP contribution < -0.4 is 9.64 Å². The molecule has 2 aliphatic rings. The molecule has 1 N–H and O–H groups in total. The highest BCUT2D eigenvalue weighted by Crippen LogP contribution is 2.31. The second kappa shape index (κ2) is 15.2. The van der Waals surface area contributed by atoms with Crippen molar-refractivity contribution in [1.29, 1.82) is 0 Å². The monoisotopic (exact) mass is 627 g/mol. The molecule has 2 fully saturated rings. The molecule has 230 valence electrons. The first-order valence-corrected chi connectivity index (χ1v) is 15.7. The number of hydrogen-bond donors (Lipinski definition) is 1. The Bertz CT molecular complexity index is 1340. The standard InChI is InChI=1S/C32H39Cl2N5O4/c1-2-42-32(41)7-10-37-11-13-39(14-12-37)30-4-3-28(20-35-30)43-31-16-24(21-38-8-5-23(22-40)6-9-38)15-29(36-31)25-17-26(33)19-27(34)18-25/h3-4,15-20,23,40H,2,5-14,21-22H2,1H3. The van der Waals surface area contributed by atoms with Gasteiger partial charge in [0.2, 0.25) is 5.88 Å². The van der Waals surface area contributed by atoms with E-state index in [-0.39, 0.29) is 12.6 Å². The van der Waals surface area contributed by atoms with Crippen molar-refractivity contribution in [2.75, 3.05) is 63.9 Å². The summed E-state index contributed by atoms with van der Waals surface area (Å²) >= 11 is 12.6. The van der Waals surface area contributed by atoms with E-state index in [0.29, 0.717) is 47.2 Å². The van der Waals surface area contributed by atoms with Gasteiger partial charge in [-0.05, 0) is 80.7 Å². The SMILES string of the molecule is CCOC(=O)CCN1CCN(c2ccc(Oc3cc(CN4CCC(CO)CC4)cc(-c4cc(Cl)cc(Cl)c4)n3)cn2)CC1. The number of carbonyl (C=O) groups is 1. The average Bonchev–Trinajstić information content (AvgIpc) is 3.01. The molecular formula is C32H39Cl2N5O4. The summed E-state index contributed by atoms with van der Waals surface area (Å²) in [6.45, 7) is 9.23. The summed E-state index contributed by atoms with van der Waals surface area (Å²) in [4.78, 5) is 28.1. The molecule has 0 amide bonds. The van der Waals surface area contributed by atoms with Crippen molar-refractivity contribution in [3.05, 3.63) is 64.3 Å². The van der Waals surface area contributed by atoms with E-state index in [9.17, 15) is 9.90 Å². The number of piperazine rings is 1. The fourth-order valence-corrected chi connectivity index (χ4v) is 6.09. The molecule has 1 aromatic carbocycles. The van der Waals surface area contributed by atoms with Gasteiger partial charge < -0.3 is 19.5 Å². The molecular weight excluding hydrogens is 589 g/mol. The van der Waals surface area contributed by atoms with Crippen molar-refractivity contribution in [2.45, 2.75) is 32.7 Å². The average molecular weight is 629 g/mol. The summed E-state index contributed by atoms with van der Waals surface area (Å²) in [6, 6.07) is 13.3. The fourth-order valence-electron chi connectivity index (χ4n) is 5.56. The minimum Gasteiger partial charge on any atom is -0.466 e. The van der Waals surface area contributed by atoms with Crippen LogP contribution in [0.4, 0.5) is 5.82 Å². The van der Waals surface area contributed by atoms with Crippen molar-refractivity contribution in [3.63, 3.8) is 0 Å². The number of ether oxygens (including phenoxy) is 2. The first-order valence-electron chi connectivity index (χ1n) is 15.0. The number of anilines is 1. The van der Waals surface area contributed by atoms with E-state index in [4.69, 9.17) is 37.7 Å². The van der Waals surface area contributed by atoms with Gasteiger partial charge in [0.1, 0.15) is 11.6 Å². The molecule has 11 heteroatoms. The van der Waals surface area contributed by atoms with Gasteiger partial charge in [-0.3, -0.25) is 14.6 Å². The number of nitrogens with zero attached hydrogens (tertiary/aromatic N) is 5. The lowest BCUT2D eigenvalue weighted by Gasteiger charge is -2.35. The Morgan fingerprint density at radius 3 is 2.37 bits per heavy atom. The molecule has 43 heavy (non-hydrogen) atoms. The Balaban J connectivity index is 1.26. The number of benzene rings is 1. The first kappa shape index (κ1) is 31.5. The summed E-state index contributed by atoms with van der Waals surface area (Å²) in [6.07, 6.45) is 4.12. The number of hydrogen-bond acceptors (Lipinski definition) is 9. The number of esters is 1. The van der Waals surface area contributed by atoms with Crippen molar-refractivity contribution >= 4 is 35.0 Å². The van der Waals surface area contributed by atoms with Crippen LogP contribution in [0.15, 0.2) is 48.7 Å². The smallest absolute Gasteiger partial charge is 0.307 e. The fraction of sp³-hybridized carbons (Fsp3) is 0.469. The molecule has 9 nitrogen and oxygen atoms in total. The Hall–Kier alpha value is -2.95. The number of aliphatic hydroxyl groups is 1. The Kier molecular flexibility index (Phi) is 11.1. The maximum Gasteiger partial charge on any atom is 0.307 e. The molecule has 0 saturated carbocycles. The quantitative estimate of drug-likeness (QED) is 0.276. The summed E-state index contributed by atoms with van der Waals surface area (Å²) in [5.41, 5.74) is 2.62. The zero-order chi connectivity index (χ0) is 30.2. The zero-order valence-electron chi connectivity index (χ0n) is 24.6. The lowest BCUT2D eigenvalue weighted by atomic mass is 9.97. The predicted octanol–water partition coefficient (Wildman–Crippen LogP) is 5.52. The van der Waals surface area contributed by atoms with Crippen LogP contribution in [0.25, 0.3) is 11.3 Å². The van der Waals surface area contributed by atoms with E-state index >= 15 is 0 Å². The maximum atomic E-state index is 11.7. The molecule has 2 aromatic heterocycles. The van der Waals surface area contributed by atoms with Crippen molar-refractivity contribution in [3.8, 4) is 22.9 Å². The van der Waals surface area contributed by atoms with Gasteiger partial charge in [-0.1, -0.05) is 23.2 Å². The number of carbonyl (C=O) groups excluding carboxylic acids is 1. The third-order valence-corrected chi connectivity index (χ3v) is 8.40. The zero-order valence-corrected chi connectivity index (χ0v) is 26.1. The molecule has 3 aromatic rings. The molecule has 4 heterocycles. The highest BCUT2D eigenvalue weighted by molar-refractivity contribution is 6.35. The second-order valence-corrected chi connectivity index (χ2v) is 12.0. The predicted molar refractivity (Wildman–Crippen MR) is 169 cm³/mol. The molecule has 0 bridgehead atoms. The molecule has 0 unspecified atom stereocenters.